The van der Waals surface area contributed by atoms with Crippen molar-refractivity contribution in [1.29, 1.82) is 0 Å². The lowest BCUT2D eigenvalue weighted by atomic mass is 10.1. The minimum Gasteiger partial charge on any atom is -0.368 e. The number of anilines is 1. The molecule has 1 N–H and O–H groups in total. The van der Waals surface area contributed by atoms with Gasteiger partial charge in [-0.3, -0.25) is 14.5 Å². The molecular formula is C18H23Cl2N3O3. The Morgan fingerprint density at radius 1 is 1.23 bits per heavy atom. The van der Waals surface area contributed by atoms with E-state index in [-0.39, 0.29) is 24.0 Å². The average Bonchev–Trinajstić information content (AvgIpc) is 3.18. The van der Waals surface area contributed by atoms with Crippen molar-refractivity contribution >= 4 is 40.7 Å². The normalized spacial score (nSPS) is 22.3. The van der Waals surface area contributed by atoms with Crippen LogP contribution in [0.3, 0.4) is 0 Å². The van der Waals surface area contributed by atoms with Gasteiger partial charge in [0.2, 0.25) is 5.91 Å². The zero-order valence-corrected chi connectivity index (χ0v) is 16.2. The fraction of sp³-hybridized carbons (Fsp3) is 0.556. The van der Waals surface area contributed by atoms with Gasteiger partial charge >= 0.3 is 0 Å². The SMILES string of the molecule is CC(C(=O)Nc1cc(Cl)ccc1Cl)N1CCN(C(=O)C2CCCO2)CC1. The molecule has 1 aromatic rings. The highest BCUT2D eigenvalue weighted by molar-refractivity contribution is 6.35. The summed E-state index contributed by atoms with van der Waals surface area (Å²) in [6, 6.07) is 4.63. The number of nitrogens with one attached hydrogen (secondary N) is 1. The van der Waals surface area contributed by atoms with Crippen molar-refractivity contribution in [2.75, 3.05) is 38.1 Å². The van der Waals surface area contributed by atoms with Crippen molar-refractivity contribution in [3.8, 4) is 0 Å². The molecule has 3 rings (SSSR count). The smallest absolute Gasteiger partial charge is 0.251 e. The Bertz CT molecular complexity index is 672. The molecular weight excluding hydrogens is 377 g/mol. The van der Waals surface area contributed by atoms with Gasteiger partial charge < -0.3 is 15.0 Å². The Labute approximate surface area is 163 Å². The quantitative estimate of drug-likeness (QED) is 0.844. The van der Waals surface area contributed by atoms with Crippen LogP contribution in [0.4, 0.5) is 5.69 Å². The lowest BCUT2D eigenvalue weighted by Crippen LogP contribution is -2.55. The van der Waals surface area contributed by atoms with E-state index in [0.29, 0.717) is 48.5 Å². The summed E-state index contributed by atoms with van der Waals surface area (Å²) in [5.41, 5.74) is 0.503. The Morgan fingerprint density at radius 3 is 2.62 bits per heavy atom. The third kappa shape index (κ3) is 4.49. The molecule has 2 amide bonds. The number of carbonyl (C=O) groups is 2. The van der Waals surface area contributed by atoms with Crippen LogP contribution in [0.1, 0.15) is 19.8 Å². The van der Waals surface area contributed by atoms with Crippen LogP contribution in [0.15, 0.2) is 18.2 Å². The Kier molecular flexibility index (Phi) is 6.40. The van der Waals surface area contributed by atoms with Crippen molar-refractivity contribution in [3.63, 3.8) is 0 Å². The van der Waals surface area contributed by atoms with Crippen molar-refractivity contribution in [1.82, 2.24) is 9.80 Å². The number of ether oxygens (including phenoxy) is 1. The lowest BCUT2D eigenvalue weighted by molar-refractivity contribution is -0.143. The number of carbonyl (C=O) groups excluding carboxylic acids is 2. The largest absolute Gasteiger partial charge is 0.368 e. The predicted octanol–water partition coefficient (Wildman–Crippen LogP) is 2.64. The number of benzene rings is 1. The van der Waals surface area contributed by atoms with Crippen LogP contribution in [0.25, 0.3) is 0 Å². The summed E-state index contributed by atoms with van der Waals surface area (Å²) >= 11 is 12.1. The summed E-state index contributed by atoms with van der Waals surface area (Å²) in [6.45, 7) is 5.03. The van der Waals surface area contributed by atoms with Crippen LogP contribution >= 0.6 is 23.2 Å². The Balaban J connectivity index is 1.52. The molecule has 0 radical (unpaired) electrons. The number of rotatable bonds is 4. The monoisotopic (exact) mass is 399 g/mol. The van der Waals surface area contributed by atoms with E-state index in [2.05, 4.69) is 10.2 Å². The Hall–Kier alpha value is -1.34. The van der Waals surface area contributed by atoms with Gasteiger partial charge in [0.25, 0.3) is 5.91 Å². The zero-order chi connectivity index (χ0) is 18.7. The minimum atomic E-state index is -0.329. The lowest BCUT2D eigenvalue weighted by Gasteiger charge is -2.38. The van der Waals surface area contributed by atoms with Gasteiger partial charge in [-0.25, -0.2) is 0 Å². The van der Waals surface area contributed by atoms with Crippen LogP contribution in [0, 0.1) is 0 Å². The van der Waals surface area contributed by atoms with Crippen molar-refractivity contribution < 1.29 is 14.3 Å². The van der Waals surface area contributed by atoms with E-state index in [9.17, 15) is 9.59 Å². The molecule has 0 aliphatic carbocycles. The molecule has 6 nitrogen and oxygen atoms in total. The second-order valence-electron chi connectivity index (χ2n) is 6.65. The maximum absolute atomic E-state index is 12.5. The number of hydrogen-bond donors (Lipinski definition) is 1. The summed E-state index contributed by atoms with van der Waals surface area (Å²) in [6.07, 6.45) is 1.46. The molecule has 2 fully saturated rings. The minimum absolute atomic E-state index is 0.0740. The molecule has 2 aliphatic rings. The van der Waals surface area contributed by atoms with Gasteiger partial charge in [-0.2, -0.15) is 0 Å². The van der Waals surface area contributed by atoms with Gasteiger partial charge in [-0.1, -0.05) is 23.2 Å². The van der Waals surface area contributed by atoms with Crippen LogP contribution < -0.4 is 5.32 Å². The highest BCUT2D eigenvalue weighted by Gasteiger charge is 2.32. The molecule has 0 aromatic heterocycles. The number of hydrogen-bond acceptors (Lipinski definition) is 4. The van der Waals surface area contributed by atoms with Crippen LogP contribution in [-0.2, 0) is 14.3 Å². The molecule has 2 saturated heterocycles. The van der Waals surface area contributed by atoms with Crippen molar-refractivity contribution in [2.24, 2.45) is 0 Å². The van der Waals surface area contributed by atoms with Crippen molar-refractivity contribution in [2.45, 2.75) is 31.9 Å². The number of amides is 2. The van der Waals surface area contributed by atoms with E-state index >= 15 is 0 Å². The highest BCUT2D eigenvalue weighted by Crippen LogP contribution is 2.26. The molecule has 0 spiro atoms. The standard InChI is InChI=1S/C18H23Cl2N3O3/c1-12(17(24)21-15-11-13(19)4-5-14(15)20)22-6-8-23(9-7-22)18(25)16-3-2-10-26-16/h4-5,11-12,16H,2-3,6-10H2,1H3,(H,21,24). The predicted molar refractivity (Wildman–Crippen MR) is 102 cm³/mol. The van der Waals surface area contributed by atoms with E-state index in [1.54, 1.807) is 18.2 Å². The fourth-order valence-electron chi connectivity index (χ4n) is 3.30. The fourth-order valence-corrected chi connectivity index (χ4v) is 3.64. The van der Waals surface area contributed by atoms with Crippen molar-refractivity contribution in [3.05, 3.63) is 28.2 Å². The van der Waals surface area contributed by atoms with Gasteiger partial charge in [-0.15, -0.1) is 0 Å². The second-order valence-corrected chi connectivity index (χ2v) is 7.50. The van der Waals surface area contributed by atoms with E-state index in [0.717, 1.165) is 12.8 Å². The summed E-state index contributed by atoms with van der Waals surface area (Å²) in [5, 5.41) is 3.79. The summed E-state index contributed by atoms with van der Waals surface area (Å²) < 4.78 is 5.48. The molecule has 0 saturated carbocycles. The summed E-state index contributed by atoms with van der Waals surface area (Å²) in [5.74, 6) is -0.0713. The summed E-state index contributed by atoms with van der Waals surface area (Å²) in [4.78, 5) is 28.8. The van der Waals surface area contributed by atoms with Gasteiger partial charge in [-0.05, 0) is 38.0 Å². The number of halogens is 2. The molecule has 8 heteroatoms. The first-order valence-electron chi connectivity index (χ1n) is 8.86. The third-order valence-electron chi connectivity index (χ3n) is 4.94. The summed E-state index contributed by atoms with van der Waals surface area (Å²) in [7, 11) is 0. The molecule has 2 atom stereocenters. The number of nitrogens with zero attached hydrogens (tertiary/aromatic N) is 2. The zero-order valence-electron chi connectivity index (χ0n) is 14.7. The molecule has 2 heterocycles. The first kappa shape index (κ1) is 19.4. The van der Waals surface area contributed by atoms with E-state index < -0.39 is 0 Å². The molecule has 142 valence electrons. The highest BCUT2D eigenvalue weighted by atomic mass is 35.5. The molecule has 2 aliphatic heterocycles. The van der Waals surface area contributed by atoms with E-state index in [1.807, 2.05) is 11.8 Å². The molecule has 2 unspecified atom stereocenters. The maximum atomic E-state index is 12.5. The molecule has 0 bridgehead atoms. The second kappa shape index (κ2) is 8.57. The van der Waals surface area contributed by atoms with Gasteiger partial charge in [0.1, 0.15) is 6.10 Å². The van der Waals surface area contributed by atoms with Crippen LogP contribution in [0.5, 0.6) is 0 Å². The first-order chi connectivity index (χ1) is 12.5. The first-order valence-corrected chi connectivity index (χ1v) is 9.61. The topological polar surface area (TPSA) is 61.9 Å². The molecule has 1 aromatic carbocycles. The van der Waals surface area contributed by atoms with Crippen LogP contribution in [0.2, 0.25) is 10.0 Å². The Morgan fingerprint density at radius 2 is 1.96 bits per heavy atom. The van der Waals surface area contributed by atoms with Gasteiger partial charge in [0, 0.05) is 37.8 Å². The maximum Gasteiger partial charge on any atom is 0.251 e. The van der Waals surface area contributed by atoms with Gasteiger partial charge in [0.15, 0.2) is 0 Å². The van der Waals surface area contributed by atoms with E-state index in [1.165, 1.54) is 0 Å². The number of piperazine rings is 1. The van der Waals surface area contributed by atoms with Gasteiger partial charge in [0.05, 0.1) is 16.8 Å². The van der Waals surface area contributed by atoms with E-state index in [4.69, 9.17) is 27.9 Å². The molecule has 26 heavy (non-hydrogen) atoms. The average molecular weight is 400 g/mol. The van der Waals surface area contributed by atoms with Crippen LogP contribution in [-0.4, -0.2) is 66.5 Å². The third-order valence-corrected chi connectivity index (χ3v) is 5.51.